The molecule has 9 rings (SSSR count). The van der Waals surface area contributed by atoms with Gasteiger partial charge in [-0.1, -0.05) is 146 Å². The Labute approximate surface area is 438 Å². The molecule has 14 heteroatoms. The van der Waals surface area contributed by atoms with Crippen LogP contribution in [-0.4, -0.2) is 112 Å². The highest BCUT2D eigenvalue weighted by Crippen LogP contribution is 2.39. The van der Waals surface area contributed by atoms with E-state index in [1.165, 1.54) is 4.90 Å². The van der Waals surface area contributed by atoms with Gasteiger partial charge in [0, 0.05) is 0 Å². The molecule has 14 nitrogen and oxygen atoms in total. The monoisotopic (exact) mass is 1020 g/mol. The van der Waals surface area contributed by atoms with E-state index in [1.807, 2.05) is 121 Å². The fourth-order valence-electron chi connectivity index (χ4n) is 9.47. The number of methoxy groups -OCH3 is 1. The third-order valence-electron chi connectivity index (χ3n) is 13.1. The first-order valence-corrected chi connectivity index (χ1v) is 25.2. The highest BCUT2D eigenvalue weighted by molar-refractivity contribution is 6.21. The number of carbonyl (C=O) groups excluding carboxylic acids is 2. The number of ether oxygens (including phenoxy) is 11. The van der Waals surface area contributed by atoms with Crippen molar-refractivity contribution >= 4 is 11.8 Å². The smallest absolute Gasteiger partial charge is 0.262 e. The molecule has 0 aromatic heterocycles. The van der Waals surface area contributed by atoms with Crippen molar-refractivity contribution in [1.82, 2.24) is 4.90 Å². The van der Waals surface area contributed by atoms with Crippen LogP contribution in [0.1, 0.15) is 43.0 Å². The normalized spacial score (nSPS) is 24.4. The first kappa shape index (κ1) is 53.0. The molecular weight excluding hydrogens is 955 g/mol. The number of carbonyl (C=O) groups is 2. The van der Waals surface area contributed by atoms with Crippen LogP contribution in [-0.2, 0) is 69.1 Å². The van der Waals surface area contributed by atoms with Crippen LogP contribution in [0.5, 0.6) is 11.5 Å². The highest BCUT2D eigenvalue weighted by Gasteiger charge is 2.58. The van der Waals surface area contributed by atoms with E-state index in [4.69, 9.17) is 52.1 Å². The third-order valence-corrected chi connectivity index (χ3v) is 13.1. The molecule has 3 aliphatic rings. The Morgan fingerprint density at radius 1 is 0.467 bits per heavy atom. The van der Waals surface area contributed by atoms with Gasteiger partial charge < -0.3 is 52.1 Å². The average Bonchev–Trinajstić information content (AvgIpc) is 3.70. The summed E-state index contributed by atoms with van der Waals surface area (Å²) in [5.41, 5.74) is 4.03. The summed E-state index contributed by atoms with van der Waals surface area (Å²) in [4.78, 5) is 30.9. The Morgan fingerprint density at radius 3 is 1.45 bits per heavy atom. The predicted octanol–water partition coefficient (Wildman–Crippen LogP) is 9.32. The average molecular weight is 1020 g/mol. The van der Waals surface area contributed by atoms with Crippen LogP contribution in [0.25, 0.3) is 0 Å². The number of benzene rings is 6. The van der Waals surface area contributed by atoms with E-state index in [-0.39, 0.29) is 64.0 Å². The largest absolute Gasteiger partial charge is 0.497 e. The lowest BCUT2D eigenvalue weighted by Gasteiger charge is -2.51. The molecule has 0 aliphatic carbocycles. The molecule has 2 saturated heterocycles. The van der Waals surface area contributed by atoms with Crippen molar-refractivity contribution in [3.63, 3.8) is 0 Å². The topological polar surface area (TPSA) is 139 Å². The molecule has 2 fully saturated rings. The van der Waals surface area contributed by atoms with Crippen molar-refractivity contribution in [3.05, 3.63) is 229 Å². The first-order chi connectivity index (χ1) is 36.9. The van der Waals surface area contributed by atoms with Crippen molar-refractivity contribution < 1.29 is 61.7 Å². The van der Waals surface area contributed by atoms with Crippen LogP contribution < -0.4 is 9.47 Å². The summed E-state index contributed by atoms with van der Waals surface area (Å²) in [7, 11) is 1.57. The van der Waals surface area contributed by atoms with Gasteiger partial charge in [0.1, 0.15) is 60.3 Å². The molecule has 0 N–H and O–H groups in total. The van der Waals surface area contributed by atoms with E-state index in [0.717, 1.165) is 22.3 Å². The second-order valence-corrected chi connectivity index (χ2v) is 18.2. The summed E-state index contributed by atoms with van der Waals surface area (Å²) in [5.74, 6) is -0.121. The molecule has 0 spiro atoms. The molecule has 75 heavy (non-hydrogen) atoms. The van der Waals surface area contributed by atoms with Crippen LogP contribution in [0, 0.1) is 0 Å². The molecule has 3 heterocycles. The second-order valence-electron chi connectivity index (χ2n) is 18.2. The molecular formula is C61H63NO13. The molecule has 6 aromatic carbocycles. The van der Waals surface area contributed by atoms with E-state index in [2.05, 4.69) is 13.2 Å². The van der Waals surface area contributed by atoms with Crippen LogP contribution in [0.4, 0.5) is 0 Å². The highest BCUT2D eigenvalue weighted by atomic mass is 16.8. The number of imide groups is 1. The SMILES string of the molecule is C=CCOC[C@H]1O[C@H](O[C@H]2[C@H](OCc3ccccc3)[C@@H](N3C(=O)c4ccccc4C3=O)[C@H](Oc3ccc(OC)cc3)O[C@@H]2COCc2ccccc2)[C@@H](OCc2ccccc2)[C@@H](OCC=C)[C@@H]1OCc1ccccc1. The van der Waals surface area contributed by atoms with Crippen molar-refractivity contribution in [2.45, 2.75) is 87.8 Å². The molecule has 0 radical (unpaired) electrons. The van der Waals surface area contributed by atoms with Crippen LogP contribution in [0.3, 0.4) is 0 Å². The lowest BCUT2D eigenvalue weighted by Crippen LogP contribution is -2.69. The van der Waals surface area contributed by atoms with Gasteiger partial charge in [-0.25, -0.2) is 0 Å². The molecule has 3 aliphatic heterocycles. The number of fused-ring (bicyclic) bond motifs is 1. The summed E-state index contributed by atoms with van der Waals surface area (Å²) in [6.45, 7) is 8.82. The number of rotatable bonds is 26. The van der Waals surface area contributed by atoms with Crippen molar-refractivity contribution in [2.75, 3.05) is 33.5 Å². The predicted molar refractivity (Wildman–Crippen MR) is 279 cm³/mol. The minimum Gasteiger partial charge on any atom is -0.497 e. The molecule has 390 valence electrons. The van der Waals surface area contributed by atoms with Gasteiger partial charge in [0.25, 0.3) is 11.8 Å². The summed E-state index contributed by atoms with van der Waals surface area (Å²) < 4.78 is 74.1. The number of hydrogen-bond acceptors (Lipinski definition) is 13. The van der Waals surface area contributed by atoms with Crippen LogP contribution in [0.15, 0.2) is 195 Å². The molecule has 6 aromatic rings. The lowest BCUT2D eigenvalue weighted by molar-refractivity contribution is -0.362. The quantitative estimate of drug-likeness (QED) is 0.0290. The Bertz CT molecular complexity index is 2700. The fourth-order valence-corrected chi connectivity index (χ4v) is 9.47. The maximum absolute atomic E-state index is 14.9. The third kappa shape index (κ3) is 13.4. The van der Waals surface area contributed by atoms with Crippen molar-refractivity contribution in [3.8, 4) is 11.5 Å². The maximum Gasteiger partial charge on any atom is 0.262 e. The van der Waals surface area contributed by atoms with E-state index in [0.29, 0.717) is 11.5 Å². The Hall–Kier alpha value is -6.82. The molecule has 0 bridgehead atoms. The molecule has 0 saturated carbocycles. The lowest BCUT2D eigenvalue weighted by atomic mass is 9.93. The van der Waals surface area contributed by atoms with Gasteiger partial charge in [-0.3, -0.25) is 14.5 Å². The zero-order valence-corrected chi connectivity index (χ0v) is 41.9. The summed E-state index contributed by atoms with van der Waals surface area (Å²) in [6.07, 6.45) is -6.01. The van der Waals surface area contributed by atoms with Gasteiger partial charge in [-0.2, -0.15) is 0 Å². The zero-order valence-electron chi connectivity index (χ0n) is 41.9. The van der Waals surface area contributed by atoms with Gasteiger partial charge >= 0.3 is 0 Å². The van der Waals surface area contributed by atoms with Crippen molar-refractivity contribution in [1.29, 1.82) is 0 Å². The minimum absolute atomic E-state index is 0.0375. The van der Waals surface area contributed by atoms with Crippen LogP contribution in [0.2, 0.25) is 0 Å². The number of hydrogen-bond donors (Lipinski definition) is 0. The number of nitrogens with zero attached hydrogens (tertiary/aromatic N) is 1. The second kappa shape index (κ2) is 26.6. The standard InChI is InChI=1S/C61H63NO13/c1-4-34-66-40-50-53(69-37-43-22-12-7-13-23-43)56(68-35-5-2)57(71-39-45-26-16-9-17-27-45)61(74-50)75-54-51(41-67-36-42-20-10-6-11-21-42)73-60(72-47-32-30-46(65-3)31-33-47)52(55(54)70-38-44-24-14-8-15-25-44)62-58(63)48-28-18-19-29-49(48)59(62)64/h4-33,50-57,60-61H,1-2,34-41H2,3H3/t50-,51-,52-,53-,54-,55-,56+,57+,60-,61-/m1/s1. The van der Waals surface area contributed by atoms with Gasteiger partial charge in [0.05, 0.1) is 71.1 Å². The molecule has 10 atom stereocenters. The van der Waals surface area contributed by atoms with Gasteiger partial charge in [-0.05, 0) is 58.7 Å². The summed E-state index contributed by atoms with van der Waals surface area (Å²) in [6, 6.07) is 51.3. The Balaban J connectivity index is 1.16. The minimum atomic E-state index is -1.33. The fraction of sp³-hybridized carbons (Fsp3) is 0.311. The van der Waals surface area contributed by atoms with E-state index in [9.17, 15) is 9.59 Å². The van der Waals surface area contributed by atoms with Crippen molar-refractivity contribution in [2.24, 2.45) is 0 Å². The van der Waals surface area contributed by atoms with E-state index < -0.39 is 73.2 Å². The summed E-state index contributed by atoms with van der Waals surface area (Å²) >= 11 is 0. The van der Waals surface area contributed by atoms with E-state index >= 15 is 0 Å². The van der Waals surface area contributed by atoms with Gasteiger partial charge in [0.15, 0.2) is 6.29 Å². The summed E-state index contributed by atoms with van der Waals surface area (Å²) in [5, 5.41) is 0. The Kier molecular flexibility index (Phi) is 18.8. The van der Waals surface area contributed by atoms with Gasteiger partial charge in [0.2, 0.25) is 6.29 Å². The molecule has 2 amide bonds. The van der Waals surface area contributed by atoms with Crippen LogP contribution >= 0.6 is 0 Å². The zero-order chi connectivity index (χ0) is 51.8. The molecule has 0 unspecified atom stereocenters. The van der Waals surface area contributed by atoms with E-state index in [1.54, 1.807) is 67.8 Å². The first-order valence-electron chi connectivity index (χ1n) is 25.2. The van der Waals surface area contributed by atoms with Gasteiger partial charge in [-0.15, -0.1) is 13.2 Å². The Morgan fingerprint density at radius 2 is 0.920 bits per heavy atom. The number of amides is 2. The maximum atomic E-state index is 14.9.